The van der Waals surface area contributed by atoms with E-state index in [2.05, 4.69) is 20.8 Å². The van der Waals surface area contributed by atoms with Crippen LogP contribution in [0.3, 0.4) is 0 Å². The van der Waals surface area contributed by atoms with Crippen molar-refractivity contribution in [3.8, 4) is 0 Å². The maximum Gasteiger partial charge on any atom is 0.321 e. The van der Waals surface area contributed by atoms with Gasteiger partial charge in [0.2, 0.25) is 5.91 Å². The van der Waals surface area contributed by atoms with Gasteiger partial charge in [0.25, 0.3) is 0 Å². The fourth-order valence-electron chi connectivity index (χ4n) is 2.60. The smallest absolute Gasteiger partial charge is 0.321 e. The van der Waals surface area contributed by atoms with E-state index in [1.165, 1.54) is 0 Å². The van der Waals surface area contributed by atoms with Gasteiger partial charge in [-0.15, -0.1) is 0 Å². The molecule has 0 radical (unpaired) electrons. The minimum atomic E-state index is -0.540. The van der Waals surface area contributed by atoms with Crippen LogP contribution in [0, 0.1) is 12.8 Å². The molecule has 2 fully saturated rings. The second-order valence-corrected chi connectivity index (χ2v) is 5.32. The van der Waals surface area contributed by atoms with Gasteiger partial charge in [0, 0.05) is 6.54 Å². The fraction of sp³-hybridized carbons (Fsp3) is 0.538. The second-order valence-electron chi connectivity index (χ2n) is 5.32. The topological polar surface area (TPSA) is 84.0 Å². The van der Waals surface area contributed by atoms with E-state index in [0.29, 0.717) is 5.69 Å². The lowest BCUT2D eigenvalue weighted by Gasteiger charge is -2.21. The highest BCUT2D eigenvalue weighted by Crippen LogP contribution is 2.48. The first-order valence-electron chi connectivity index (χ1n) is 6.59. The van der Waals surface area contributed by atoms with Gasteiger partial charge in [0.05, 0.1) is 24.0 Å². The van der Waals surface area contributed by atoms with Crippen LogP contribution in [0.25, 0.3) is 0 Å². The number of amides is 3. The number of nitrogens with zero attached hydrogens (tertiary/aromatic N) is 2. The molecule has 3 atom stereocenters. The van der Waals surface area contributed by atoms with Gasteiger partial charge < -0.3 is 5.32 Å². The van der Waals surface area contributed by atoms with Gasteiger partial charge in [-0.2, -0.15) is 10.2 Å². The molecule has 7 heteroatoms. The molecular weight excluding hydrogens is 263 g/mol. The lowest BCUT2D eigenvalue weighted by atomic mass is 9.99. The number of carbonyl (C=O) groups excluding carboxylic acids is 2. The summed E-state index contributed by atoms with van der Waals surface area (Å²) in [6.07, 6.45) is 0.816. The van der Waals surface area contributed by atoms with Crippen LogP contribution in [0.15, 0.2) is 6.07 Å². The molecule has 1 unspecified atom stereocenters. The Hall–Kier alpha value is -2.05. The Bertz CT molecular complexity index is 577. The van der Waals surface area contributed by atoms with Crippen molar-refractivity contribution in [1.82, 2.24) is 20.8 Å². The molecule has 3 rings (SSSR count). The van der Waals surface area contributed by atoms with E-state index in [1.54, 1.807) is 0 Å². The molecule has 2 heterocycles. The van der Waals surface area contributed by atoms with Crippen molar-refractivity contribution in [3.63, 3.8) is 0 Å². The zero-order valence-electron chi connectivity index (χ0n) is 11.0. The van der Waals surface area contributed by atoms with Gasteiger partial charge in [-0.3, -0.25) is 14.5 Å². The van der Waals surface area contributed by atoms with Gasteiger partial charge in [-0.1, -0.05) is 0 Å². The van der Waals surface area contributed by atoms with Crippen LogP contribution in [0.4, 0.5) is 9.18 Å². The monoisotopic (exact) mass is 278 g/mol. The first-order chi connectivity index (χ1) is 9.60. The van der Waals surface area contributed by atoms with Crippen LogP contribution < -0.4 is 10.6 Å². The molecule has 1 aromatic heterocycles. The predicted octanol–water partition coefficient (Wildman–Crippen LogP) is 0.781. The molecule has 6 nitrogen and oxygen atoms in total. The molecule has 1 aliphatic carbocycles. The Morgan fingerprint density at radius 2 is 2.20 bits per heavy atom. The normalized spacial score (nSPS) is 28.8. The van der Waals surface area contributed by atoms with Crippen molar-refractivity contribution in [1.29, 1.82) is 0 Å². The molecular formula is C13H15FN4O2. The third-order valence-electron chi connectivity index (χ3n) is 3.93. The van der Waals surface area contributed by atoms with E-state index in [-0.39, 0.29) is 31.0 Å². The van der Waals surface area contributed by atoms with Gasteiger partial charge >= 0.3 is 6.03 Å². The molecule has 0 spiro atoms. The highest BCUT2D eigenvalue weighted by molar-refractivity contribution is 6.00. The summed E-state index contributed by atoms with van der Waals surface area (Å²) in [5, 5.41) is 12.9. The Balaban J connectivity index is 1.86. The summed E-state index contributed by atoms with van der Waals surface area (Å²) in [6, 6.07) is 1.33. The molecule has 1 aliphatic heterocycles. The van der Waals surface area contributed by atoms with E-state index in [9.17, 15) is 14.0 Å². The summed E-state index contributed by atoms with van der Waals surface area (Å²) in [6.45, 7) is 1.71. The van der Waals surface area contributed by atoms with Crippen molar-refractivity contribution in [3.05, 3.63) is 23.0 Å². The number of nitrogens with one attached hydrogen (secondary N) is 2. The average Bonchev–Trinajstić information content (AvgIpc) is 3.19. The van der Waals surface area contributed by atoms with Gasteiger partial charge in [-0.25, -0.2) is 4.79 Å². The van der Waals surface area contributed by atoms with Crippen LogP contribution in [-0.4, -0.2) is 35.4 Å². The van der Waals surface area contributed by atoms with E-state index >= 15 is 0 Å². The van der Waals surface area contributed by atoms with Crippen LogP contribution in [0.1, 0.15) is 35.2 Å². The second kappa shape index (κ2) is 4.81. The summed E-state index contributed by atoms with van der Waals surface area (Å²) in [7, 11) is 0. The van der Waals surface area contributed by atoms with E-state index in [0.717, 1.165) is 17.7 Å². The number of imide groups is 1. The number of alkyl halides is 1. The van der Waals surface area contributed by atoms with Crippen LogP contribution in [0.2, 0.25) is 0 Å². The summed E-state index contributed by atoms with van der Waals surface area (Å²) in [5.74, 6) is -0.682. The van der Waals surface area contributed by atoms with Gasteiger partial charge in [-0.05, 0) is 36.8 Å². The highest BCUT2D eigenvalue weighted by atomic mass is 19.1. The van der Waals surface area contributed by atoms with Crippen LogP contribution in [-0.2, 0) is 4.79 Å². The quantitative estimate of drug-likeness (QED) is 0.855. The maximum atomic E-state index is 12.7. The maximum absolute atomic E-state index is 12.7. The molecule has 20 heavy (non-hydrogen) atoms. The largest absolute Gasteiger partial charge is 0.337 e. The first-order valence-corrected chi connectivity index (χ1v) is 6.59. The fourth-order valence-corrected chi connectivity index (χ4v) is 2.60. The molecule has 1 saturated carbocycles. The zero-order chi connectivity index (χ0) is 14.3. The van der Waals surface area contributed by atoms with Crippen molar-refractivity contribution >= 4 is 11.9 Å². The number of hydrogen-bond acceptors (Lipinski definition) is 4. The molecule has 1 saturated heterocycles. The lowest BCUT2D eigenvalue weighted by Crippen LogP contribution is -2.51. The number of carbonyl (C=O) groups is 2. The summed E-state index contributed by atoms with van der Waals surface area (Å²) >= 11 is 0. The Morgan fingerprint density at radius 3 is 2.85 bits per heavy atom. The molecule has 2 aliphatic rings. The summed E-state index contributed by atoms with van der Waals surface area (Å²) in [5.41, 5.74) is 2.25. The summed E-state index contributed by atoms with van der Waals surface area (Å²) in [4.78, 5) is 22.9. The van der Waals surface area contributed by atoms with Crippen molar-refractivity contribution in [2.75, 3.05) is 13.2 Å². The molecule has 106 valence electrons. The number of halogens is 1. The average molecular weight is 278 g/mol. The molecule has 3 amide bonds. The number of urea groups is 1. The first kappa shape index (κ1) is 13.0. The number of hydrogen-bond donors (Lipinski definition) is 2. The Kier molecular flexibility index (Phi) is 3.11. The predicted molar refractivity (Wildman–Crippen MR) is 67.9 cm³/mol. The van der Waals surface area contributed by atoms with E-state index in [1.807, 2.05) is 13.0 Å². The van der Waals surface area contributed by atoms with E-state index < -0.39 is 11.9 Å². The lowest BCUT2D eigenvalue weighted by molar-refractivity contribution is -0.122. The van der Waals surface area contributed by atoms with Crippen molar-refractivity contribution in [2.24, 2.45) is 5.92 Å². The van der Waals surface area contributed by atoms with Crippen molar-refractivity contribution in [2.45, 2.75) is 25.2 Å². The van der Waals surface area contributed by atoms with Gasteiger partial charge in [0.15, 0.2) is 0 Å². The third kappa shape index (κ3) is 2.23. The standard InChI is InChI=1S/C13H15FN4O2/c1-6-8(9-2-7(9)4-14)3-11(18-17-6)10-5-15-13(20)16-12(10)19/h3,7,9-10H,2,4-5H2,1H3,(H2,15,16,19,20)/t7-,9+,10?/m1/s1. The third-order valence-corrected chi connectivity index (χ3v) is 3.93. The minimum absolute atomic E-state index is 0.0608. The Labute approximate surface area is 115 Å². The molecule has 1 aromatic rings. The van der Waals surface area contributed by atoms with Gasteiger partial charge in [0.1, 0.15) is 0 Å². The minimum Gasteiger partial charge on any atom is -0.337 e. The van der Waals surface area contributed by atoms with Crippen LogP contribution in [0.5, 0.6) is 0 Å². The zero-order valence-corrected chi connectivity index (χ0v) is 11.0. The number of rotatable bonds is 3. The summed E-state index contributed by atoms with van der Waals surface area (Å²) < 4.78 is 12.7. The molecule has 0 bridgehead atoms. The number of aryl methyl sites for hydroxylation is 1. The Morgan fingerprint density at radius 1 is 1.40 bits per heavy atom. The number of aromatic nitrogens is 2. The highest BCUT2D eigenvalue weighted by Gasteiger charge is 2.40. The molecule has 0 aromatic carbocycles. The van der Waals surface area contributed by atoms with E-state index in [4.69, 9.17) is 0 Å². The SMILES string of the molecule is Cc1nnc(C2CNC(=O)NC2=O)cc1[C@H]1C[C@@H]1CF. The van der Waals surface area contributed by atoms with Crippen LogP contribution >= 0.6 is 0 Å². The van der Waals surface area contributed by atoms with Crippen molar-refractivity contribution < 1.29 is 14.0 Å². The molecule has 2 N–H and O–H groups in total.